The van der Waals surface area contributed by atoms with Crippen molar-refractivity contribution in [3.8, 4) is 0 Å². The molecular formula is C15H28N2O2. The maximum Gasteiger partial charge on any atom is 0.313 e. The minimum atomic E-state index is -0.198. The van der Waals surface area contributed by atoms with E-state index in [1.807, 2.05) is 0 Å². The lowest BCUT2D eigenvalue weighted by molar-refractivity contribution is -0.159. The molecule has 0 radical (unpaired) electrons. The fraction of sp³-hybridized carbons (Fsp3) is 0.933. The van der Waals surface area contributed by atoms with E-state index in [1.54, 1.807) is 0 Å². The summed E-state index contributed by atoms with van der Waals surface area (Å²) in [4.78, 5) is 16.6. The molecule has 0 bridgehead atoms. The van der Waals surface area contributed by atoms with Crippen LogP contribution in [-0.4, -0.2) is 63.2 Å². The van der Waals surface area contributed by atoms with Crippen molar-refractivity contribution in [3.63, 3.8) is 0 Å². The molecule has 1 aliphatic carbocycles. The maximum absolute atomic E-state index is 11.9. The van der Waals surface area contributed by atoms with Crippen LogP contribution in [0.5, 0.6) is 0 Å². The summed E-state index contributed by atoms with van der Waals surface area (Å²) in [6.07, 6.45) is 5.73. The third-order valence-corrected chi connectivity index (χ3v) is 4.91. The Labute approximate surface area is 117 Å². The minimum absolute atomic E-state index is 0.00815. The van der Waals surface area contributed by atoms with Crippen LogP contribution < -0.4 is 0 Å². The zero-order valence-electron chi connectivity index (χ0n) is 12.7. The zero-order valence-corrected chi connectivity index (χ0v) is 12.7. The normalized spacial score (nSPS) is 26.4. The van der Waals surface area contributed by atoms with Gasteiger partial charge in [-0.05, 0) is 58.8 Å². The molecule has 1 atom stereocenters. The third kappa shape index (κ3) is 3.48. The van der Waals surface area contributed by atoms with Gasteiger partial charge in [-0.3, -0.25) is 4.79 Å². The minimum Gasteiger partial charge on any atom is -0.469 e. The molecule has 0 amide bonds. The van der Waals surface area contributed by atoms with Crippen LogP contribution >= 0.6 is 0 Å². The number of methoxy groups -OCH3 is 1. The number of hydrogen-bond donors (Lipinski definition) is 0. The van der Waals surface area contributed by atoms with Crippen LogP contribution in [0.1, 0.15) is 32.1 Å². The zero-order chi connectivity index (χ0) is 13.9. The molecule has 19 heavy (non-hydrogen) atoms. The van der Waals surface area contributed by atoms with Crippen molar-refractivity contribution >= 4 is 5.97 Å². The highest BCUT2D eigenvalue weighted by molar-refractivity contribution is 5.78. The summed E-state index contributed by atoms with van der Waals surface area (Å²) >= 11 is 0. The van der Waals surface area contributed by atoms with Gasteiger partial charge in [0.25, 0.3) is 0 Å². The number of esters is 1. The summed E-state index contributed by atoms with van der Waals surface area (Å²) < 4.78 is 4.98. The van der Waals surface area contributed by atoms with Gasteiger partial charge in [0.05, 0.1) is 12.5 Å². The first-order valence-electron chi connectivity index (χ1n) is 7.51. The Hall–Kier alpha value is -0.610. The standard InChI is InChI=1S/C15H28N2O2/c1-16-9-5-13(11-16)6-10-17(2)12-15(7-4-8-15)14(18)19-3/h13H,4-12H2,1-3H3. The molecule has 2 aliphatic rings. The molecule has 0 aromatic heterocycles. The number of rotatable bonds is 6. The molecule has 0 aromatic rings. The number of nitrogens with zero attached hydrogens (tertiary/aromatic N) is 2. The number of carbonyl (C=O) groups is 1. The summed E-state index contributed by atoms with van der Waals surface area (Å²) in [5.41, 5.74) is -0.198. The van der Waals surface area contributed by atoms with Crippen LogP contribution in [0.25, 0.3) is 0 Å². The van der Waals surface area contributed by atoms with Crippen LogP contribution in [0.3, 0.4) is 0 Å². The average molecular weight is 268 g/mol. The van der Waals surface area contributed by atoms with Crippen LogP contribution in [0.15, 0.2) is 0 Å². The second kappa shape index (κ2) is 6.23. The molecular weight excluding hydrogens is 240 g/mol. The third-order valence-electron chi connectivity index (χ3n) is 4.91. The van der Waals surface area contributed by atoms with E-state index in [2.05, 4.69) is 23.9 Å². The summed E-state index contributed by atoms with van der Waals surface area (Å²) in [7, 11) is 5.85. The van der Waals surface area contributed by atoms with E-state index in [0.29, 0.717) is 0 Å². The van der Waals surface area contributed by atoms with Crippen LogP contribution in [-0.2, 0) is 9.53 Å². The lowest BCUT2D eigenvalue weighted by atomic mass is 9.68. The Balaban J connectivity index is 1.74. The number of ether oxygens (including phenoxy) is 1. The van der Waals surface area contributed by atoms with Crippen LogP contribution in [0, 0.1) is 11.3 Å². The first-order chi connectivity index (χ1) is 9.05. The molecule has 0 aromatic carbocycles. The van der Waals surface area contributed by atoms with Crippen molar-refractivity contribution in [1.82, 2.24) is 9.80 Å². The molecule has 1 unspecified atom stereocenters. The van der Waals surface area contributed by atoms with Gasteiger partial charge in [-0.15, -0.1) is 0 Å². The lowest BCUT2D eigenvalue weighted by Crippen LogP contribution is -2.47. The van der Waals surface area contributed by atoms with Gasteiger partial charge in [-0.25, -0.2) is 0 Å². The monoisotopic (exact) mass is 268 g/mol. The SMILES string of the molecule is COC(=O)C1(CN(C)CCC2CCN(C)C2)CCC1. The number of hydrogen-bond acceptors (Lipinski definition) is 4. The van der Waals surface area contributed by atoms with Gasteiger partial charge in [-0.2, -0.15) is 0 Å². The van der Waals surface area contributed by atoms with E-state index < -0.39 is 0 Å². The second-order valence-corrected chi connectivity index (χ2v) is 6.57. The van der Waals surface area contributed by atoms with Crippen molar-refractivity contribution in [2.75, 3.05) is 47.4 Å². The summed E-state index contributed by atoms with van der Waals surface area (Å²) in [6.45, 7) is 4.43. The quantitative estimate of drug-likeness (QED) is 0.685. The first-order valence-corrected chi connectivity index (χ1v) is 7.51. The largest absolute Gasteiger partial charge is 0.469 e. The Morgan fingerprint density at radius 1 is 1.47 bits per heavy atom. The molecule has 0 N–H and O–H groups in total. The highest BCUT2D eigenvalue weighted by atomic mass is 16.5. The lowest BCUT2D eigenvalue weighted by Gasteiger charge is -2.41. The molecule has 4 heteroatoms. The molecule has 1 saturated heterocycles. The molecule has 0 spiro atoms. The van der Waals surface area contributed by atoms with E-state index in [-0.39, 0.29) is 11.4 Å². The second-order valence-electron chi connectivity index (χ2n) is 6.57. The Kier molecular flexibility index (Phi) is 4.85. The van der Waals surface area contributed by atoms with Gasteiger partial charge < -0.3 is 14.5 Å². The fourth-order valence-electron chi connectivity index (χ4n) is 3.51. The summed E-state index contributed by atoms with van der Waals surface area (Å²) in [5.74, 6) is 0.828. The topological polar surface area (TPSA) is 32.8 Å². The molecule has 1 aliphatic heterocycles. The average Bonchev–Trinajstić information content (AvgIpc) is 2.76. The molecule has 1 heterocycles. The van der Waals surface area contributed by atoms with E-state index in [0.717, 1.165) is 38.3 Å². The summed E-state index contributed by atoms with van der Waals surface area (Å²) in [6, 6.07) is 0. The Morgan fingerprint density at radius 2 is 2.21 bits per heavy atom. The molecule has 2 fully saturated rings. The van der Waals surface area contributed by atoms with Gasteiger partial charge in [0.1, 0.15) is 0 Å². The molecule has 4 nitrogen and oxygen atoms in total. The number of carbonyl (C=O) groups excluding carboxylic acids is 1. The van der Waals surface area contributed by atoms with Crippen LogP contribution in [0.4, 0.5) is 0 Å². The summed E-state index contributed by atoms with van der Waals surface area (Å²) in [5, 5.41) is 0. The molecule has 1 saturated carbocycles. The van der Waals surface area contributed by atoms with Crippen molar-refractivity contribution in [3.05, 3.63) is 0 Å². The van der Waals surface area contributed by atoms with Crippen LogP contribution in [0.2, 0.25) is 0 Å². The highest BCUT2D eigenvalue weighted by Gasteiger charge is 2.45. The maximum atomic E-state index is 11.9. The predicted molar refractivity (Wildman–Crippen MR) is 76.0 cm³/mol. The van der Waals surface area contributed by atoms with E-state index in [9.17, 15) is 4.79 Å². The van der Waals surface area contributed by atoms with Crippen molar-refractivity contribution < 1.29 is 9.53 Å². The van der Waals surface area contributed by atoms with E-state index >= 15 is 0 Å². The van der Waals surface area contributed by atoms with E-state index in [1.165, 1.54) is 33.0 Å². The first kappa shape index (κ1) is 14.8. The van der Waals surface area contributed by atoms with Gasteiger partial charge in [-0.1, -0.05) is 6.42 Å². The highest BCUT2D eigenvalue weighted by Crippen LogP contribution is 2.42. The Morgan fingerprint density at radius 3 is 2.68 bits per heavy atom. The predicted octanol–water partition coefficient (Wildman–Crippen LogP) is 1.60. The van der Waals surface area contributed by atoms with Gasteiger partial charge in [0.2, 0.25) is 0 Å². The van der Waals surface area contributed by atoms with Crippen molar-refractivity contribution in [2.45, 2.75) is 32.1 Å². The molecule has 110 valence electrons. The van der Waals surface area contributed by atoms with E-state index in [4.69, 9.17) is 4.74 Å². The van der Waals surface area contributed by atoms with Crippen molar-refractivity contribution in [2.24, 2.45) is 11.3 Å². The molecule has 2 rings (SSSR count). The van der Waals surface area contributed by atoms with Gasteiger partial charge in [0.15, 0.2) is 0 Å². The van der Waals surface area contributed by atoms with Gasteiger partial charge >= 0.3 is 5.97 Å². The van der Waals surface area contributed by atoms with Crippen molar-refractivity contribution in [1.29, 1.82) is 0 Å². The Bertz CT molecular complexity index is 315. The van der Waals surface area contributed by atoms with Gasteiger partial charge in [0, 0.05) is 13.1 Å². The number of likely N-dealkylation sites (tertiary alicyclic amines) is 1. The smallest absolute Gasteiger partial charge is 0.313 e. The fourth-order valence-corrected chi connectivity index (χ4v) is 3.51.